The standard InChI is InChI=1S/C24H29Cl2N3O/c1-18-4-7-20(8-5-18)24(30)29-10-2-3-21(29)17-28-13-11-27(12-14-28)16-19-6-9-22(25)23(26)15-19/h4-9,15,21H,2-3,10-14,16-17H2,1H3. The smallest absolute Gasteiger partial charge is 0.254 e. The fraction of sp³-hybridized carbons (Fsp3) is 0.458. The van der Waals surface area contributed by atoms with Gasteiger partial charge in [-0.25, -0.2) is 0 Å². The number of carbonyl (C=O) groups excluding carboxylic acids is 1. The third kappa shape index (κ3) is 5.17. The number of benzene rings is 2. The van der Waals surface area contributed by atoms with E-state index in [1.807, 2.05) is 49.4 Å². The molecule has 4 rings (SSSR count). The number of hydrogen-bond donors (Lipinski definition) is 0. The molecule has 0 spiro atoms. The lowest BCUT2D eigenvalue weighted by molar-refractivity contribution is 0.0647. The average Bonchev–Trinajstić information content (AvgIpc) is 3.20. The van der Waals surface area contributed by atoms with Gasteiger partial charge < -0.3 is 4.90 Å². The molecule has 2 aromatic carbocycles. The highest BCUT2D eigenvalue weighted by molar-refractivity contribution is 6.42. The van der Waals surface area contributed by atoms with Crippen molar-refractivity contribution in [3.8, 4) is 0 Å². The van der Waals surface area contributed by atoms with Crippen molar-refractivity contribution in [1.82, 2.24) is 14.7 Å². The molecule has 2 aliphatic rings. The van der Waals surface area contributed by atoms with Crippen LogP contribution in [0.5, 0.6) is 0 Å². The predicted octanol–water partition coefficient (Wildman–Crippen LogP) is 4.72. The van der Waals surface area contributed by atoms with Crippen molar-refractivity contribution in [3.05, 3.63) is 69.2 Å². The average molecular weight is 446 g/mol. The molecule has 2 aliphatic heterocycles. The molecular weight excluding hydrogens is 417 g/mol. The van der Waals surface area contributed by atoms with Crippen molar-refractivity contribution in [3.63, 3.8) is 0 Å². The van der Waals surface area contributed by atoms with Crippen molar-refractivity contribution >= 4 is 29.1 Å². The first-order chi connectivity index (χ1) is 14.5. The van der Waals surface area contributed by atoms with Gasteiger partial charge in [-0.15, -0.1) is 0 Å². The molecule has 2 fully saturated rings. The number of aryl methyl sites for hydroxylation is 1. The van der Waals surface area contributed by atoms with Gasteiger partial charge in [0.1, 0.15) is 0 Å². The molecule has 0 radical (unpaired) electrons. The van der Waals surface area contributed by atoms with Crippen LogP contribution in [-0.2, 0) is 6.54 Å². The highest BCUT2D eigenvalue weighted by Gasteiger charge is 2.31. The zero-order chi connectivity index (χ0) is 21.1. The molecule has 0 saturated carbocycles. The number of nitrogens with zero attached hydrogens (tertiary/aromatic N) is 3. The molecule has 30 heavy (non-hydrogen) atoms. The zero-order valence-electron chi connectivity index (χ0n) is 17.5. The van der Waals surface area contributed by atoms with E-state index >= 15 is 0 Å². The Hall–Kier alpha value is -1.59. The highest BCUT2D eigenvalue weighted by atomic mass is 35.5. The normalized spacial score (nSPS) is 20.6. The van der Waals surface area contributed by atoms with E-state index in [4.69, 9.17) is 23.2 Å². The number of halogens is 2. The molecule has 160 valence electrons. The number of piperazine rings is 1. The van der Waals surface area contributed by atoms with Gasteiger partial charge in [-0.2, -0.15) is 0 Å². The third-order valence-electron chi connectivity index (χ3n) is 6.26. The van der Waals surface area contributed by atoms with E-state index in [9.17, 15) is 4.79 Å². The van der Waals surface area contributed by atoms with Gasteiger partial charge >= 0.3 is 0 Å². The fourth-order valence-electron chi connectivity index (χ4n) is 4.48. The molecule has 2 saturated heterocycles. The summed E-state index contributed by atoms with van der Waals surface area (Å²) >= 11 is 12.2. The predicted molar refractivity (Wildman–Crippen MR) is 123 cm³/mol. The lowest BCUT2D eigenvalue weighted by Gasteiger charge is -2.37. The molecule has 0 bridgehead atoms. The number of amides is 1. The molecule has 1 amide bonds. The van der Waals surface area contributed by atoms with Gasteiger partial charge in [-0.3, -0.25) is 14.6 Å². The van der Waals surface area contributed by atoms with E-state index in [-0.39, 0.29) is 5.91 Å². The van der Waals surface area contributed by atoms with Gasteiger partial charge in [-0.05, 0) is 49.6 Å². The maximum Gasteiger partial charge on any atom is 0.254 e. The van der Waals surface area contributed by atoms with Crippen LogP contribution in [0.15, 0.2) is 42.5 Å². The molecule has 0 aromatic heterocycles. The molecule has 1 atom stereocenters. The van der Waals surface area contributed by atoms with E-state index < -0.39 is 0 Å². The van der Waals surface area contributed by atoms with Crippen LogP contribution in [0.4, 0.5) is 0 Å². The van der Waals surface area contributed by atoms with Crippen LogP contribution in [-0.4, -0.2) is 65.9 Å². The Morgan fingerprint density at radius 2 is 1.63 bits per heavy atom. The Bertz CT molecular complexity index is 879. The maximum atomic E-state index is 13.0. The van der Waals surface area contributed by atoms with Gasteiger partial charge in [0.2, 0.25) is 0 Å². The highest BCUT2D eigenvalue weighted by Crippen LogP contribution is 2.24. The Morgan fingerprint density at radius 1 is 0.933 bits per heavy atom. The molecule has 2 heterocycles. The van der Waals surface area contributed by atoms with Crippen LogP contribution in [0.3, 0.4) is 0 Å². The van der Waals surface area contributed by atoms with E-state index in [0.717, 1.165) is 64.2 Å². The first-order valence-corrected chi connectivity index (χ1v) is 11.5. The molecule has 0 aliphatic carbocycles. The second-order valence-corrected chi connectivity index (χ2v) is 9.30. The SMILES string of the molecule is Cc1ccc(C(=O)N2CCCC2CN2CCN(Cc3ccc(Cl)c(Cl)c3)CC2)cc1. The molecule has 0 N–H and O–H groups in total. The number of likely N-dealkylation sites (tertiary alicyclic amines) is 1. The molecule has 6 heteroatoms. The Labute approximate surface area is 189 Å². The summed E-state index contributed by atoms with van der Waals surface area (Å²) in [5.74, 6) is 0.177. The van der Waals surface area contributed by atoms with Crippen molar-refractivity contribution in [2.75, 3.05) is 39.3 Å². The number of rotatable bonds is 5. The van der Waals surface area contributed by atoms with Crippen LogP contribution in [0.2, 0.25) is 10.0 Å². The minimum Gasteiger partial charge on any atom is -0.334 e. The van der Waals surface area contributed by atoms with Gasteiger partial charge in [0.25, 0.3) is 5.91 Å². The summed E-state index contributed by atoms with van der Waals surface area (Å²) in [6.45, 7) is 8.90. The van der Waals surface area contributed by atoms with Gasteiger partial charge in [-0.1, -0.05) is 47.0 Å². The van der Waals surface area contributed by atoms with Crippen molar-refractivity contribution in [1.29, 1.82) is 0 Å². The van der Waals surface area contributed by atoms with E-state index in [1.54, 1.807) is 0 Å². The zero-order valence-corrected chi connectivity index (χ0v) is 19.0. The summed E-state index contributed by atoms with van der Waals surface area (Å²) < 4.78 is 0. The first-order valence-electron chi connectivity index (χ1n) is 10.8. The summed E-state index contributed by atoms with van der Waals surface area (Å²) in [5.41, 5.74) is 3.19. The van der Waals surface area contributed by atoms with E-state index in [0.29, 0.717) is 16.1 Å². The molecule has 4 nitrogen and oxygen atoms in total. The topological polar surface area (TPSA) is 26.8 Å². The van der Waals surface area contributed by atoms with Crippen LogP contribution < -0.4 is 0 Å². The van der Waals surface area contributed by atoms with Crippen LogP contribution >= 0.6 is 23.2 Å². The van der Waals surface area contributed by atoms with Crippen molar-refractivity contribution in [2.45, 2.75) is 32.4 Å². The molecular formula is C24H29Cl2N3O. The summed E-state index contributed by atoms with van der Waals surface area (Å²) in [7, 11) is 0. The van der Waals surface area contributed by atoms with Gasteiger partial charge in [0.15, 0.2) is 0 Å². The lowest BCUT2D eigenvalue weighted by atomic mass is 10.1. The van der Waals surface area contributed by atoms with E-state index in [1.165, 1.54) is 11.1 Å². The van der Waals surface area contributed by atoms with Crippen LogP contribution in [0.1, 0.15) is 34.3 Å². The second kappa shape index (κ2) is 9.69. The lowest BCUT2D eigenvalue weighted by Crippen LogP contribution is -2.50. The summed E-state index contributed by atoms with van der Waals surface area (Å²) in [6, 6.07) is 14.1. The Balaban J connectivity index is 1.29. The van der Waals surface area contributed by atoms with Gasteiger partial charge in [0, 0.05) is 57.4 Å². The Morgan fingerprint density at radius 3 is 2.33 bits per heavy atom. The third-order valence-corrected chi connectivity index (χ3v) is 7.00. The summed E-state index contributed by atoms with van der Waals surface area (Å²) in [4.78, 5) is 20.1. The van der Waals surface area contributed by atoms with E-state index in [2.05, 4.69) is 14.7 Å². The largest absolute Gasteiger partial charge is 0.334 e. The minimum absolute atomic E-state index is 0.177. The molecule has 2 aromatic rings. The van der Waals surface area contributed by atoms with Crippen molar-refractivity contribution < 1.29 is 4.79 Å². The second-order valence-electron chi connectivity index (χ2n) is 8.49. The summed E-state index contributed by atoms with van der Waals surface area (Å²) in [6.07, 6.45) is 2.20. The number of carbonyl (C=O) groups is 1. The van der Waals surface area contributed by atoms with Crippen LogP contribution in [0, 0.1) is 6.92 Å². The van der Waals surface area contributed by atoms with Crippen molar-refractivity contribution in [2.24, 2.45) is 0 Å². The summed E-state index contributed by atoms with van der Waals surface area (Å²) in [5, 5.41) is 1.22. The van der Waals surface area contributed by atoms with Crippen LogP contribution in [0.25, 0.3) is 0 Å². The monoisotopic (exact) mass is 445 g/mol. The quantitative estimate of drug-likeness (QED) is 0.665. The maximum absolute atomic E-state index is 13.0. The molecule has 1 unspecified atom stereocenters. The Kier molecular flexibility index (Phi) is 6.99. The van der Waals surface area contributed by atoms with Gasteiger partial charge in [0.05, 0.1) is 10.0 Å². The number of hydrogen-bond acceptors (Lipinski definition) is 3. The fourth-order valence-corrected chi connectivity index (χ4v) is 4.80. The first kappa shape index (κ1) is 21.6. The minimum atomic E-state index is 0.177.